The molecule has 192 valence electrons. The summed E-state index contributed by atoms with van der Waals surface area (Å²) in [5.74, 6) is 0.757. The van der Waals surface area contributed by atoms with E-state index >= 15 is 0 Å². The molecule has 0 aliphatic carbocycles. The maximum Gasteiger partial charge on any atom is 0.237 e. The van der Waals surface area contributed by atoms with E-state index in [1.165, 1.54) is 17.0 Å². The minimum atomic E-state index is -0.683. The number of aliphatic hydroxyl groups is 1. The Kier molecular flexibility index (Phi) is 10.7. The minimum absolute atomic E-state index is 0.0116. The molecule has 0 fully saturated rings. The van der Waals surface area contributed by atoms with Gasteiger partial charge < -0.3 is 19.5 Å². The Morgan fingerprint density at radius 1 is 1.34 bits per heavy atom. The number of benzene rings is 1. The first kappa shape index (κ1) is 27.3. The number of halogens is 1. The van der Waals surface area contributed by atoms with Crippen molar-refractivity contribution in [1.82, 2.24) is 9.80 Å². The van der Waals surface area contributed by atoms with Gasteiger partial charge in [0.2, 0.25) is 5.91 Å². The first-order valence-electron chi connectivity index (χ1n) is 12.2. The average molecular weight is 505 g/mol. The number of nitrogens with zero attached hydrogens (tertiary/aromatic N) is 2. The molecule has 0 saturated carbocycles. The maximum atomic E-state index is 13.5. The molecule has 1 amide bonds. The lowest BCUT2D eigenvalue weighted by Gasteiger charge is -2.37. The Bertz CT molecular complexity index is 934. The number of hydrogen-bond acceptors (Lipinski definition) is 6. The highest BCUT2D eigenvalue weighted by Crippen LogP contribution is 2.34. The summed E-state index contributed by atoms with van der Waals surface area (Å²) >= 11 is 1.70. The highest BCUT2D eigenvalue weighted by Gasteiger charge is 2.33. The van der Waals surface area contributed by atoms with Gasteiger partial charge in [-0.2, -0.15) is 0 Å². The lowest BCUT2D eigenvalue weighted by Crippen LogP contribution is -2.48. The fraction of sp³-hybridized carbons (Fsp3) is 0.519. The Morgan fingerprint density at radius 3 is 2.83 bits per heavy atom. The molecular weight excluding hydrogens is 467 g/mol. The van der Waals surface area contributed by atoms with Crippen molar-refractivity contribution in [2.75, 3.05) is 46.0 Å². The van der Waals surface area contributed by atoms with Crippen molar-refractivity contribution in [2.24, 2.45) is 5.92 Å². The predicted molar refractivity (Wildman–Crippen MR) is 137 cm³/mol. The van der Waals surface area contributed by atoms with Gasteiger partial charge in [0.15, 0.2) is 0 Å². The van der Waals surface area contributed by atoms with Gasteiger partial charge in [0.05, 0.1) is 31.9 Å². The molecule has 1 aromatic carbocycles. The molecule has 0 unspecified atom stereocenters. The zero-order valence-electron chi connectivity index (χ0n) is 20.7. The van der Waals surface area contributed by atoms with Crippen LogP contribution in [0.5, 0.6) is 5.75 Å². The van der Waals surface area contributed by atoms with Gasteiger partial charge >= 0.3 is 0 Å². The first-order chi connectivity index (χ1) is 16.9. The van der Waals surface area contributed by atoms with E-state index in [4.69, 9.17) is 9.47 Å². The summed E-state index contributed by atoms with van der Waals surface area (Å²) in [6.45, 7) is 10.7. The molecular formula is C27H37FN2O4S. The molecule has 0 saturated heterocycles. The third kappa shape index (κ3) is 8.42. The SMILES string of the molecule is C=CCOC[C@H](O)CN(CCC(C)C)CC(=O)N1CCc2sccc2[C@H]1COc1ccc(F)cc1. The summed E-state index contributed by atoms with van der Waals surface area (Å²) in [4.78, 5) is 18.7. The Labute approximate surface area is 212 Å². The second-order valence-corrected chi connectivity index (χ2v) is 10.3. The predicted octanol–water partition coefficient (Wildman–Crippen LogP) is 4.30. The van der Waals surface area contributed by atoms with Crippen LogP contribution in [0.4, 0.5) is 4.39 Å². The zero-order chi connectivity index (χ0) is 25.2. The number of ether oxygens (including phenoxy) is 2. The van der Waals surface area contributed by atoms with E-state index in [2.05, 4.69) is 31.9 Å². The fourth-order valence-electron chi connectivity index (χ4n) is 4.18. The molecule has 6 nitrogen and oxygen atoms in total. The van der Waals surface area contributed by atoms with Gasteiger partial charge in [-0.1, -0.05) is 19.9 Å². The number of amides is 1. The number of fused-ring (bicyclic) bond motifs is 1. The van der Waals surface area contributed by atoms with Crippen molar-refractivity contribution in [3.63, 3.8) is 0 Å². The quantitative estimate of drug-likeness (QED) is 0.307. The second kappa shape index (κ2) is 13.7. The highest BCUT2D eigenvalue weighted by molar-refractivity contribution is 7.10. The van der Waals surface area contributed by atoms with E-state index in [9.17, 15) is 14.3 Å². The monoisotopic (exact) mass is 504 g/mol. The van der Waals surface area contributed by atoms with Crippen molar-refractivity contribution in [3.05, 3.63) is 64.6 Å². The molecule has 2 atom stereocenters. The molecule has 2 heterocycles. The molecule has 1 aliphatic rings. The van der Waals surface area contributed by atoms with Crippen molar-refractivity contribution in [2.45, 2.75) is 38.8 Å². The smallest absolute Gasteiger partial charge is 0.237 e. The number of rotatable bonds is 14. The molecule has 1 N–H and O–H groups in total. The van der Waals surface area contributed by atoms with Gasteiger partial charge in [0.1, 0.15) is 18.2 Å². The van der Waals surface area contributed by atoms with Crippen LogP contribution in [0.2, 0.25) is 0 Å². The molecule has 3 rings (SSSR count). The van der Waals surface area contributed by atoms with Crippen LogP contribution in [-0.4, -0.2) is 72.9 Å². The molecule has 0 spiro atoms. The fourth-order valence-corrected chi connectivity index (χ4v) is 5.10. The molecule has 1 aliphatic heterocycles. The van der Waals surface area contributed by atoms with Gasteiger partial charge in [-0.05, 0) is 66.6 Å². The second-order valence-electron chi connectivity index (χ2n) is 9.31. The van der Waals surface area contributed by atoms with Crippen LogP contribution in [0, 0.1) is 11.7 Å². The summed E-state index contributed by atoms with van der Waals surface area (Å²) < 4.78 is 24.6. The largest absolute Gasteiger partial charge is 0.491 e. The van der Waals surface area contributed by atoms with E-state index < -0.39 is 6.10 Å². The van der Waals surface area contributed by atoms with Gasteiger partial charge in [-0.15, -0.1) is 17.9 Å². The molecule has 35 heavy (non-hydrogen) atoms. The van der Waals surface area contributed by atoms with Crippen molar-refractivity contribution >= 4 is 17.2 Å². The van der Waals surface area contributed by atoms with Crippen LogP contribution >= 0.6 is 11.3 Å². The topological polar surface area (TPSA) is 62.2 Å². The van der Waals surface area contributed by atoms with E-state index in [0.29, 0.717) is 38.0 Å². The van der Waals surface area contributed by atoms with Gasteiger partial charge in [-0.25, -0.2) is 4.39 Å². The Balaban J connectivity index is 1.68. The number of carbonyl (C=O) groups excluding carboxylic acids is 1. The molecule has 2 aromatic rings. The summed E-state index contributed by atoms with van der Waals surface area (Å²) in [5.41, 5.74) is 1.11. The van der Waals surface area contributed by atoms with Crippen LogP contribution < -0.4 is 4.74 Å². The molecule has 0 bridgehead atoms. The number of hydrogen-bond donors (Lipinski definition) is 1. The normalized spacial score (nSPS) is 16.4. The van der Waals surface area contributed by atoms with Crippen LogP contribution in [0.25, 0.3) is 0 Å². The van der Waals surface area contributed by atoms with E-state index in [1.54, 1.807) is 29.5 Å². The van der Waals surface area contributed by atoms with Crippen molar-refractivity contribution < 1.29 is 23.8 Å². The number of carbonyl (C=O) groups is 1. The Morgan fingerprint density at radius 2 is 2.11 bits per heavy atom. The zero-order valence-corrected chi connectivity index (χ0v) is 21.5. The third-order valence-corrected chi connectivity index (χ3v) is 7.03. The standard InChI is InChI=1S/C27H37FN2O4S/c1-4-14-33-18-22(31)16-29(12-9-20(2)3)17-27(32)30-13-10-26-24(11-15-35-26)25(30)19-34-23-7-5-21(28)6-8-23/h4-8,11,15,20,22,25,31H,1,9-10,12-14,16-19H2,2-3H3/t22-,25-/m1/s1. The highest BCUT2D eigenvalue weighted by atomic mass is 32.1. The summed E-state index contributed by atoms with van der Waals surface area (Å²) in [5, 5.41) is 12.5. The minimum Gasteiger partial charge on any atom is -0.491 e. The van der Waals surface area contributed by atoms with Crippen LogP contribution in [0.15, 0.2) is 48.4 Å². The summed E-state index contributed by atoms with van der Waals surface area (Å²) in [7, 11) is 0. The van der Waals surface area contributed by atoms with Crippen molar-refractivity contribution in [3.8, 4) is 5.75 Å². The first-order valence-corrected chi connectivity index (χ1v) is 13.1. The summed E-state index contributed by atoms with van der Waals surface area (Å²) in [6, 6.07) is 7.79. The van der Waals surface area contributed by atoms with Gasteiger partial charge in [-0.3, -0.25) is 9.69 Å². The van der Waals surface area contributed by atoms with Gasteiger partial charge in [0.25, 0.3) is 0 Å². The van der Waals surface area contributed by atoms with Crippen LogP contribution in [0.1, 0.15) is 36.8 Å². The molecule has 8 heteroatoms. The Hall–Kier alpha value is -2.26. The lowest BCUT2D eigenvalue weighted by atomic mass is 10.00. The van der Waals surface area contributed by atoms with E-state index in [0.717, 1.165) is 24.9 Å². The average Bonchev–Trinajstić information content (AvgIpc) is 3.31. The van der Waals surface area contributed by atoms with E-state index in [1.807, 2.05) is 9.80 Å². The van der Waals surface area contributed by atoms with Crippen LogP contribution in [-0.2, 0) is 16.0 Å². The van der Waals surface area contributed by atoms with E-state index in [-0.39, 0.29) is 30.9 Å². The molecule has 0 radical (unpaired) electrons. The maximum absolute atomic E-state index is 13.5. The summed E-state index contributed by atoms with van der Waals surface area (Å²) in [6.07, 6.45) is 2.71. The molecule has 1 aromatic heterocycles. The van der Waals surface area contributed by atoms with Crippen molar-refractivity contribution in [1.29, 1.82) is 0 Å². The van der Waals surface area contributed by atoms with Gasteiger partial charge in [0, 0.05) is 18.0 Å². The number of aliphatic hydroxyl groups excluding tert-OH is 1. The lowest BCUT2D eigenvalue weighted by molar-refractivity contribution is -0.136. The van der Waals surface area contributed by atoms with Crippen LogP contribution in [0.3, 0.4) is 0 Å². The number of thiophene rings is 1. The third-order valence-electron chi connectivity index (χ3n) is 6.03.